The Labute approximate surface area is 134 Å². The number of aromatic nitrogens is 3. The van der Waals surface area contributed by atoms with Gasteiger partial charge in [-0.05, 0) is 6.92 Å². The van der Waals surface area contributed by atoms with Gasteiger partial charge in [0.2, 0.25) is 5.89 Å². The first-order chi connectivity index (χ1) is 10.9. The molecule has 0 bridgehead atoms. The molecule has 0 saturated carbocycles. The minimum atomic E-state index is -4.40. The minimum absolute atomic E-state index is 0.302. The monoisotopic (exact) mass is 348 g/mol. The van der Waals surface area contributed by atoms with Gasteiger partial charge in [0.05, 0.1) is 11.6 Å². The van der Waals surface area contributed by atoms with Crippen LogP contribution in [0.3, 0.4) is 0 Å². The van der Waals surface area contributed by atoms with Gasteiger partial charge in [0.15, 0.2) is 17.5 Å². The second-order valence-electron chi connectivity index (χ2n) is 4.46. The third-order valence-corrected chi connectivity index (χ3v) is 3.58. The molecule has 0 unspecified atom stereocenters. The fourth-order valence-electron chi connectivity index (χ4n) is 1.64. The standard InChI is InChI=1S/C12H15F3N6OS/c1-7-19-9(22-21-7)5-18-11(16-2)17-4-3-10-20-8(6-23-10)12(13,14)15/h6H,3-5H2,1-2H3,(H2,16,17,18). The second-order valence-corrected chi connectivity index (χ2v) is 5.40. The van der Waals surface area contributed by atoms with Gasteiger partial charge < -0.3 is 15.2 Å². The van der Waals surface area contributed by atoms with E-state index < -0.39 is 11.9 Å². The molecule has 2 N–H and O–H groups in total. The normalized spacial score (nSPS) is 12.5. The number of hydrogen-bond acceptors (Lipinski definition) is 6. The lowest BCUT2D eigenvalue weighted by Crippen LogP contribution is -2.37. The van der Waals surface area contributed by atoms with E-state index in [1.807, 2.05) is 0 Å². The van der Waals surface area contributed by atoms with E-state index in [0.717, 1.165) is 16.7 Å². The van der Waals surface area contributed by atoms with E-state index in [2.05, 4.69) is 30.8 Å². The third kappa shape index (κ3) is 5.20. The lowest BCUT2D eigenvalue weighted by molar-refractivity contribution is -0.140. The van der Waals surface area contributed by atoms with Gasteiger partial charge in [-0.3, -0.25) is 4.99 Å². The molecule has 0 aliphatic carbocycles. The molecule has 0 aliphatic rings. The summed E-state index contributed by atoms with van der Waals surface area (Å²) in [6.45, 7) is 2.41. The molecule has 2 aromatic rings. The van der Waals surface area contributed by atoms with E-state index in [0.29, 0.717) is 42.2 Å². The molecule has 0 saturated heterocycles. The molecule has 0 aliphatic heterocycles. The van der Waals surface area contributed by atoms with E-state index in [9.17, 15) is 13.2 Å². The number of nitrogens with zero attached hydrogens (tertiary/aromatic N) is 4. The van der Waals surface area contributed by atoms with Crippen molar-refractivity contribution in [3.8, 4) is 0 Å². The van der Waals surface area contributed by atoms with Crippen molar-refractivity contribution in [3.05, 3.63) is 27.8 Å². The van der Waals surface area contributed by atoms with Crippen LogP contribution in [-0.2, 0) is 19.1 Å². The molecule has 0 spiro atoms. The topological polar surface area (TPSA) is 88.2 Å². The molecule has 2 heterocycles. The average molecular weight is 348 g/mol. The van der Waals surface area contributed by atoms with Gasteiger partial charge in [0, 0.05) is 25.4 Å². The first-order valence-corrected chi connectivity index (χ1v) is 7.51. The van der Waals surface area contributed by atoms with Gasteiger partial charge in [0.1, 0.15) is 0 Å². The first-order valence-electron chi connectivity index (χ1n) is 6.64. The van der Waals surface area contributed by atoms with Gasteiger partial charge in [-0.2, -0.15) is 18.2 Å². The largest absolute Gasteiger partial charge is 0.434 e. The van der Waals surface area contributed by atoms with E-state index >= 15 is 0 Å². The van der Waals surface area contributed by atoms with E-state index in [1.165, 1.54) is 0 Å². The van der Waals surface area contributed by atoms with Crippen LogP contribution in [0.1, 0.15) is 22.4 Å². The molecule has 0 atom stereocenters. The Morgan fingerprint density at radius 2 is 2.13 bits per heavy atom. The van der Waals surface area contributed by atoms with Crippen molar-refractivity contribution in [2.24, 2.45) is 4.99 Å². The number of thiazole rings is 1. The van der Waals surface area contributed by atoms with Crippen molar-refractivity contribution < 1.29 is 17.7 Å². The predicted molar refractivity (Wildman–Crippen MR) is 78.1 cm³/mol. The van der Waals surface area contributed by atoms with Crippen LogP contribution in [0.2, 0.25) is 0 Å². The molecular weight excluding hydrogens is 333 g/mol. The van der Waals surface area contributed by atoms with Crippen LogP contribution in [0.25, 0.3) is 0 Å². The molecular formula is C12H15F3N6OS. The number of aryl methyl sites for hydroxylation is 1. The summed E-state index contributed by atoms with van der Waals surface area (Å²) in [5, 5.41) is 11.0. The summed E-state index contributed by atoms with van der Waals surface area (Å²) in [4.78, 5) is 11.6. The van der Waals surface area contributed by atoms with E-state index in [-0.39, 0.29) is 0 Å². The van der Waals surface area contributed by atoms with Crippen molar-refractivity contribution in [2.75, 3.05) is 13.6 Å². The summed E-state index contributed by atoms with van der Waals surface area (Å²) in [6, 6.07) is 0. The fraction of sp³-hybridized carbons (Fsp3) is 0.500. The number of rotatable bonds is 5. The number of guanidine groups is 1. The summed E-state index contributed by atoms with van der Waals surface area (Å²) < 4.78 is 42.3. The maximum absolute atomic E-state index is 12.4. The molecule has 0 aromatic carbocycles. The number of hydrogen-bond donors (Lipinski definition) is 2. The number of alkyl halides is 3. The summed E-state index contributed by atoms with van der Waals surface area (Å²) in [5.74, 6) is 1.43. The smallest absolute Gasteiger partial charge is 0.356 e. The molecule has 23 heavy (non-hydrogen) atoms. The van der Waals surface area contributed by atoms with Gasteiger partial charge in [0.25, 0.3) is 0 Å². The molecule has 0 amide bonds. The average Bonchev–Trinajstić information content (AvgIpc) is 3.11. The highest BCUT2D eigenvalue weighted by molar-refractivity contribution is 7.09. The summed E-state index contributed by atoms with van der Waals surface area (Å²) >= 11 is 0.984. The third-order valence-electron chi connectivity index (χ3n) is 2.67. The zero-order valence-corrected chi connectivity index (χ0v) is 13.3. The van der Waals surface area contributed by atoms with Crippen LogP contribution in [0.15, 0.2) is 14.9 Å². The molecule has 11 heteroatoms. The fourth-order valence-corrected chi connectivity index (χ4v) is 2.44. The lowest BCUT2D eigenvalue weighted by Gasteiger charge is -2.09. The van der Waals surface area contributed by atoms with Crippen molar-refractivity contribution in [1.82, 2.24) is 25.8 Å². The van der Waals surface area contributed by atoms with Crippen LogP contribution in [-0.4, -0.2) is 34.7 Å². The van der Waals surface area contributed by atoms with Crippen molar-refractivity contribution in [3.63, 3.8) is 0 Å². The molecule has 2 aromatic heterocycles. The van der Waals surface area contributed by atoms with Crippen LogP contribution in [0.4, 0.5) is 13.2 Å². The lowest BCUT2D eigenvalue weighted by atomic mass is 10.4. The van der Waals surface area contributed by atoms with Gasteiger partial charge in [-0.15, -0.1) is 11.3 Å². The molecule has 7 nitrogen and oxygen atoms in total. The number of halogens is 3. The number of aliphatic imine (C=N–C) groups is 1. The Kier molecular flexibility index (Phi) is 5.53. The van der Waals surface area contributed by atoms with Crippen LogP contribution in [0.5, 0.6) is 0 Å². The van der Waals surface area contributed by atoms with Crippen LogP contribution in [0, 0.1) is 6.92 Å². The summed E-state index contributed by atoms with van der Waals surface area (Å²) in [6.07, 6.45) is -4.04. The quantitative estimate of drug-likeness (QED) is 0.632. The SMILES string of the molecule is CN=C(NCCc1nc(C(F)(F)F)cs1)NCc1nc(C)no1. The Hall–Kier alpha value is -2.17. The van der Waals surface area contributed by atoms with E-state index in [1.54, 1.807) is 14.0 Å². The first kappa shape index (κ1) is 17.2. The van der Waals surface area contributed by atoms with Gasteiger partial charge >= 0.3 is 6.18 Å². The highest BCUT2D eigenvalue weighted by atomic mass is 32.1. The molecule has 0 radical (unpaired) electrons. The zero-order chi connectivity index (χ0) is 16.9. The maximum Gasteiger partial charge on any atom is 0.434 e. The maximum atomic E-state index is 12.4. The summed E-state index contributed by atoms with van der Waals surface area (Å²) in [5.41, 5.74) is -0.855. The van der Waals surface area contributed by atoms with Gasteiger partial charge in [-0.25, -0.2) is 4.98 Å². The Bertz CT molecular complexity index is 666. The van der Waals surface area contributed by atoms with Gasteiger partial charge in [-0.1, -0.05) is 5.16 Å². The van der Waals surface area contributed by atoms with Crippen LogP contribution < -0.4 is 10.6 Å². The molecule has 2 rings (SSSR count). The predicted octanol–water partition coefficient (Wildman–Crippen LogP) is 1.76. The van der Waals surface area contributed by atoms with Crippen LogP contribution >= 0.6 is 11.3 Å². The van der Waals surface area contributed by atoms with E-state index in [4.69, 9.17) is 4.52 Å². The highest BCUT2D eigenvalue weighted by Crippen LogP contribution is 2.29. The second kappa shape index (κ2) is 7.40. The van der Waals surface area contributed by atoms with Crippen molar-refractivity contribution in [1.29, 1.82) is 0 Å². The highest BCUT2D eigenvalue weighted by Gasteiger charge is 2.33. The Morgan fingerprint density at radius 1 is 1.35 bits per heavy atom. The van der Waals surface area contributed by atoms with Crippen molar-refractivity contribution >= 4 is 17.3 Å². The molecule has 0 fully saturated rings. The Balaban J connectivity index is 1.76. The zero-order valence-electron chi connectivity index (χ0n) is 12.4. The minimum Gasteiger partial charge on any atom is -0.356 e. The van der Waals surface area contributed by atoms with Crippen molar-refractivity contribution in [2.45, 2.75) is 26.1 Å². The summed E-state index contributed by atoms with van der Waals surface area (Å²) in [7, 11) is 1.58. The molecule has 126 valence electrons. The Morgan fingerprint density at radius 3 is 2.70 bits per heavy atom. The number of nitrogens with one attached hydrogen (secondary N) is 2.